The second-order valence-electron chi connectivity index (χ2n) is 7.16. The summed E-state index contributed by atoms with van der Waals surface area (Å²) < 4.78 is 11.0. The van der Waals surface area contributed by atoms with Crippen molar-refractivity contribution in [3.05, 3.63) is 58.2 Å². The van der Waals surface area contributed by atoms with Crippen LogP contribution < -0.4 is 4.90 Å². The lowest BCUT2D eigenvalue weighted by molar-refractivity contribution is -0.273. The van der Waals surface area contributed by atoms with Crippen LogP contribution in [0.15, 0.2) is 36.5 Å². The van der Waals surface area contributed by atoms with Crippen LogP contribution >= 0.6 is 11.6 Å². The molecule has 0 bridgehead atoms. The van der Waals surface area contributed by atoms with Crippen molar-refractivity contribution in [2.75, 3.05) is 19.1 Å². The van der Waals surface area contributed by atoms with E-state index in [1.807, 2.05) is 37.3 Å². The van der Waals surface area contributed by atoms with E-state index in [9.17, 15) is 4.79 Å². The lowest BCUT2D eigenvalue weighted by atomic mass is 9.61. The minimum Gasteiger partial charge on any atom is -0.353 e. The van der Waals surface area contributed by atoms with Gasteiger partial charge in [0.25, 0.3) is 0 Å². The van der Waals surface area contributed by atoms with Crippen LogP contribution in [0.25, 0.3) is 0 Å². The first-order valence-electron chi connectivity index (χ1n) is 8.57. The highest BCUT2D eigenvalue weighted by Gasteiger charge is 2.66. The van der Waals surface area contributed by atoms with E-state index in [-0.39, 0.29) is 5.91 Å². The zero-order valence-corrected chi connectivity index (χ0v) is 15.8. The van der Waals surface area contributed by atoms with Gasteiger partial charge in [0.05, 0.1) is 17.0 Å². The molecule has 2 aromatic rings. The topological polar surface area (TPSA) is 51.7 Å². The van der Waals surface area contributed by atoms with Gasteiger partial charge in [-0.3, -0.25) is 9.69 Å². The molecule has 136 valence electrons. The van der Waals surface area contributed by atoms with E-state index in [0.717, 1.165) is 11.1 Å². The lowest BCUT2D eigenvalue weighted by Gasteiger charge is -2.51. The van der Waals surface area contributed by atoms with E-state index in [1.165, 1.54) is 5.56 Å². The van der Waals surface area contributed by atoms with Gasteiger partial charge in [-0.05, 0) is 18.6 Å². The van der Waals surface area contributed by atoms with E-state index in [1.54, 1.807) is 25.3 Å². The summed E-state index contributed by atoms with van der Waals surface area (Å²) in [5.41, 5.74) is 2.44. The number of amides is 1. The average Bonchev–Trinajstić information content (AvgIpc) is 2.83. The van der Waals surface area contributed by atoms with Gasteiger partial charge in [-0.15, -0.1) is 0 Å². The SMILES string of the molecule is COC1(OC)CC2(C1)C(=O)N(Cc1ccc(C)cc1)c1ncc(Cl)cc12. The first-order chi connectivity index (χ1) is 12.4. The van der Waals surface area contributed by atoms with Gasteiger partial charge in [0.15, 0.2) is 5.79 Å². The van der Waals surface area contributed by atoms with Crippen LogP contribution in [0.1, 0.15) is 29.5 Å². The van der Waals surface area contributed by atoms with Crippen molar-refractivity contribution in [3.8, 4) is 0 Å². The highest BCUT2D eigenvalue weighted by molar-refractivity contribution is 6.30. The molecule has 0 saturated heterocycles. The Hall–Kier alpha value is -1.95. The van der Waals surface area contributed by atoms with Crippen LogP contribution in [-0.2, 0) is 26.2 Å². The molecule has 0 unspecified atom stereocenters. The Morgan fingerprint density at radius 2 is 1.85 bits per heavy atom. The first kappa shape index (κ1) is 17.5. The van der Waals surface area contributed by atoms with E-state index in [0.29, 0.717) is 30.2 Å². The third kappa shape index (κ3) is 2.46. The summed E-state index contributed by atoms with van der Waals surface area (Å²) in [5, 5.41) is 0.528. The van der Waals surface area contributed by atoms with Crippen LogP contribution in [0.3, 0.4) is 0 Å². The molecule has 1 aromatic carbocycles. The number of fused-ring (bicyclic) bond motifs is 2. The summed E-state index contributed by atoms with van der Waals surface area (Å²) in [7, 11) is 3.22. The number of carbonyl (C=O) groups is 1. The van der Waals surface area contributed by atoms with Crippen molar-refractivity contribution < 1.29 is 14.3 Å². The standard InChI is InChI=1S/C20H21ClN2O3/c1-13-4-6-14(7-5-13)10-23-17-16(8-15(21)9-22-17)19(18(23)24)11-20(12-19,25-2)26-3/h4-9H,10-12H2,1-3H3. The van der Waals surface area contributed by atoms with E-state index in [4.69, 9.17) is 21.1 Å². The van der Waals surface area contributed by atoms with Crippen LogP contribution in [0.5, 0.6) is 0 Å². The highest BCUT2D eigenvalue weighted by Crippen LogP contribution is 2.59. The number of benzene rings is 1. The number of hydrogen-bond acceptors (Lipinski definition) is 4. The van der Waals surface area contributed by atoms with Crippen molar-refractivity contribution in [2.45, 2.75) is 37.5 Å². The summed E-state index contributed by atoms with van der Waals surface area (Å²) in [5.74, 6) is -0.0110. The van der Waals surface area contributed by atoms with E-state index < -0.39 is 11.2 Å². The Labute approximate surface area is 157 Å². The number of carbonyl (C=O) groups excluding carboxylic acids is 1. The molecular formula is C20H21ClN2O3. The molecule has 0 radical (unpaired) electrons. The van der Waals surface area contributed by atoms with Crippen LogP contribution in [0, 0.1) is 6.92 Å². The van der Waals surface area contributed by atoms with Crippen LogP contribution in [0.4, 0.5) is 5.82 Å². The number of nitrogens with zero attached hydrogens (tertiary/aromatic N) is 2. The predicted octanol–water partition coefficient (Wildman–Crippen LogP) is 3.61. The number of aromatic nitrogens is 1. The third-order valence-electron chi connectivity index (χ3n) is 5.61. The molecule has 1 amide bonds. The number of ether oxygens (including phenoxy) is 2. The largest absolute Gasteiger partial charge is 0.353 e. The number of halogens is 1. The van der Waals surface area contributed by atoms with Gasteiger partial charge in [0.1, 0.15) is 5.82 Å². The number of hydrogen-bond donors (Lipinski definition) is 0. The van der Waals surface area contributed by atoms with Crippen molar-refractivity contribution in [2.24, 2.45) is 0 Å². The maximum absolute atomic E-state index is 13.4. The maximum atomic E-state index is 13.4. The molecule has 26 heavy (non-hydrogen) atoms. The van der Waals surface area contributed by atoms with Gasteiger partial charge in [-0.2, -0.15) is 0 Å². The molecule has 1 aromatic heterocycles. The summed E-state index contributed by atoms with van der Waals surface area (Å²) in [6.45, 7) is 2.53. The van der Waals surface area contributed by atoms with Crippen molar-refractivity contribution in [1.82, 2.24) is 4.98 Å². The van der Waals surface area contributed by atoms with E-state index in [2.05, 4.69) is 4.98 Å². The summed E-state index contributed by atoms with van der Waals surface area (Å²) in [6, 6.07) is 10.0. The van der Waals surface area contributed by atoms with Gasteiger partial charge < -0.3 is 9.47 Å². The van der Waals surface area contributed by atoms with Crippen molar-refractivity contribution >= 4 is 23.3 Å². The molecule has 2 heterocycles. The lowest BCUT2D eigenvalue weighted by Crippen LogP contribution is -2.60. The van der Waals surface area contributed by atoms with Gasteiger partial charge in [0, 0.05) is 38.8 Å². The monoisotopic (exact) mass is 372 g/mol. The maximum Gasteiger partial charge on any atom is 0.239 e. The zero-order chi connectivity index (χ0) is 18.5. The minimum atomic E-state index is -0.727. The smallest absolute Gasteiger partial charge is 0.239 e. The van der Waals surface area contributed by atoms with E-state index >= 15 is 0 Å². The Morgan fingerprint density at radius 1 is 1.19 bits per heavy atom. The number of rotatable bonds is 4. The van der Waals surface area contributed by atoms with Gasteiger partial charge in [0.2, 0.25) is 5.91 Å². The quantitative estimate of drug-likeness (QED) is 0.769. The van der Waals surface area contributed by atoms with Gasteiger partial charge in [-0.25, -0.2) is 4.98 Å². The summed E-state index contributed by atoms with van der Waals surface area (Å²) >= 11 is 6.19. The van der Waals surface area contributed by atoms with Crippen molar-refractivity contribution in [1.29, 1.82) is 0 Å². The van der Waals surface area contributed by atoms with Crippen LogP contribution in [-0.4, -0.2) is 30.9 Å². The second kappa shape index (κ2) is 6.05. The normalized spacial score (nSPS) is 19.5. The van der Waals surface area contributed by atoms with Crippen molar-refractivity contribution in [3.63, 3.8) is 0 Å². The number of pyridine rings is 1. The fourth-order valence-corrected chi connectivity index (χ4v) is 4.23. The Bertz CT molecular complexity index is 854. The molecule has 2 aliphatic rings. The Balaban J connectivity index is 1.72. The molecule has 1 aliphatic carbocycles. The fraction of sp³-hybridized carbons (Fsp3) is 0.400. The number of anilines is 1. The molecule has 0 atom stereocenters. The molecule has 1 spiro atoms. The highest BCUT2D eigenvalue weighted by atomic mass is 35.5. The molecule has 5 nitrogen and oxygen atoms in total. The summed E-state index contributed by atoms with van der Waals surface area (Å²) in [4.78, 5) is 19.6. The predicted molar refractivity (Wildman–Crippen MR) is 99.3 cm³/mol. The molecule has 1 fully saturated rings. The van der Waals surface area contributed by atoms with Crippen LogP contribution in [0.2, 0.25) is 5.02 Å². The Morgan fingerprint density at radius 3 is 2.46 bits per heavy atom. The molecule has 4 rings (SSSR count). The second-order valence-corrected chi connectivity index (χ2v) is 7.59. The molecule has 1 saturated carbocycles. The zero-order valence-electron chi connectivity index (χ0n) is 15.1. The molecule has 1 aliphatic heterocycles. The molecular weight excluding hydrogens is 352 g/mol. The minimum absolute atomic E-state index is 0.0348. The Kier molecular flexibility index (Phi) is 4.06. The van der Waals surface area contributed by atoms with Gasteiger partial charge >= 0.3 is 0 Å². The summed E-state index contributed by atoms with van der Waals surface area (Å²) in [6.07, 6.45) is 2.52. The molecule has 0 N–H and O–H groups in total. The fourth-order valence-electron chi connectivity index (χ4n) is 4.07. The third-order valence-corrected chi connectivity index (χ3v) is 5.81. The van der Waals surface area contributed by atoms with Gasteiger partial charge in [-0.1, -0.05) is 41.4 Å². The first-order valence-corrected chi connectivity index (χ1v) is 8.95. The number of methoxy groups -OCH3 is 2. The average molecular weight is 373 g/mol. The molecule has 6 heteroatoms. The number of aryl methyl sites for hydroxylation is 1.